The van der Waals surface area contributed by atoms with Gasteiger partial charge in [0.25, 0.3) is 0 Å². The highest BCUT2D eigenvalue weighted by Crippen LogP contribution is 2.65. The first kappa shape index (κ1) is 37.0. The molecule has 0 amide bonds. The Labute approximate surface area is 291 Å². The van der Waals surface area contributed by atoms with Gasteiger partial charge < -0.3 is 33.2 Å². The van der Waals surface area contributed by atoms with E-state index in [1.54, 1.807) is 44.2 Å². The topological polar surface area (TPSA) is 167 Å². The van der Waals surface area contributed by atoms with Crippen molar-refractivity contribution in [1.82, 2.24) is 0 Å². The Hall–Kier alpha value is -4.26. The molecule has 50 heavy (non-hydrogen) atoms. The number of esters is 6. The van der Waals surface area contributed by atoms with Gasteiger partial charge in [-0.05, 0) is 42.0 Å². The summed E-state index contributed by atoms with van der Waals surface area (Å²) < 4.78 is 43.1. The second-order valence-electron chi connectivity index (χ2n) is 14.6. The summed E-state index contributed by atoms with van der Waals surface area (Å²) in [6.45, 7) is 13.3. The van der Waals surface area contributed by atoms with Crippen LogP contribution in [0.15, 0.2) is 41.5 Å². The van der Waals surface area contributed by atoms with Crippen LogP contribution in [0.3, 0.4) is 0 Å². The predicted octanol–water partition coefficient (Wildman–Crippen LogP) is 4.04. The van der Waals surface area contributed by atoms with Gasteiger partial charge in [0.15, 0.2) is 17.8 Å². The van der Waals surface area contributed by atoms with Crippen molar-refractivity contribution in [2.75, 3.05) is 6.61 Å². The van der Waals surface area contributed by atoms with Crippen LogP contribution in [-0.4, -0.2) is 84.6 Å². The van der Waals surface area contributed by atoms with Gasteiger partial charge >= 0.3 is 35.8 Å². The van der Waals surface area contributed by atoms with Crippen LogP contribution in [-0.2, 0) is 57.1 Å². The summed E-state index contributed by atoms with van der Waals surface area (Å²) in [6, 6.07) is 8.35. The van der Waals surface area contributed by atoms with Crippen molar-refractivity contribution < 1.29 is 61.9 Å². The van der Waals surface area contributed by atoms with Crippen molar-refractivity contribution in [2.24, 2.45) is 22.7 Å². The third-order valence-electron chi connectivity index (χ3n) is 11.1. The summed E-state index contributed by atoms with van der Waals surface area (Å²) in [5.41, 5.74) is -2.70. The van der Waals surface area contributed by atoms with Gasteiger partial charge in [-0.25, -0.2) is 4.79 Å². The molecule has 0 N–H and O–H groups in total. The third-order valence-corrected chi connectivity index (χ3v) is 11.1. The molecule has 1 aromatic carbocycles. The summed E-state index contributed by atoms with van der Waals surface area (Å²) >= 11 is 0. The Kier molecular flexibility index (Phi) is 9.96. The molecular formula is C37H46O13. The molecule has 2 saturated carbocycles. The van der Waals surface area contributed by atoms with Gasteiger partial charge in [0, 0.05) is 47.0 Å². The highest BCUT2D eigenvalue weighted by atomic mass is 16.6. The number of hydrogen-bond acceptors (Lipinski definition) is 13. The Morgan fingerprint density at radius 2 is 1.34 bits per heavy atom. The van der Waals surface area contributed by atoms with Crippen molar-refractivity contribution in [3.8, 4) is 0 Å². The van der Waals surface area contributed by atoms with E-state index in [4.69, 9.17) is 33.2 Å². The fraction of sp³-hybridized carbons (Fsp3) is 0.622. The molecule has 0 radical (unpaired) electrons. The van der Waals surface area contributed by atoms with Gasteiger partial charge in [-0.1, -0.05) is 39.0 Å². The smallest absolute Gasteiger partial charge is 0.338 e. The fourth-order valence-corrected chi connectivity index (χ4v) is 9.24. The molecule has 13 heteroatoms. The SMILES string of the molecule is CC(=O)O[C@@H]1C2=C(C)[C@H](OC(C)=O)C[C@@H]([C@H](OC(=O)c3ccccc3)C3[C@@]4(OC(C)=O)COC4C[C@H](OC(C)=O)[C@@]3(C)[C@@H]1OC(C)=O)C2(C)C. The molecule has 3 aliphatic carbocycles. The van der Waals surface area contributed by atoms with E-state index in [1.165, 1.54) is 34.6 Å². The summed E-state index contributed by atoms with van der Waals surface area (Å²) in [4.78, 5) is 78.5. The van der Waals surface area contributed by atoms with Crippen LogP contribution in [0, 0.1) is 22.7 Å². The molecule has 2 unspecified atom stereocenters. The molecule has 2 bridgehead atoms. The quantitative estimate of drug-likeness (QED) is 0.228. The minimum Gasteiger partial charge on any atom is -0.462 e. The number of rotatable bonds is 7. The largest absolute Gasteiger partial charge is 0.462 e. The number of carbonyl (C=O) groups excluding carboxylic acids is 6. The Balaban J connectivity index is 1.91. The van der Waals surface area contributed by atoms with E-state index in [2.05, 4.69) is 0 Å². The lowest BCUT2D eigenvalue weighted by atomic mass is 9.45. The maximum Gasteiger partial charge on any atom is 0.338 e. The van der Waals surface area contributed by atoms with Crippen LogP contribution in [0.1, 0.15) is 85.5 Å². The van der Waals surface area contributed by atoms with Crippen molar-refractivity contribution >= 4 is 35.8 Å². The normalized spacial score (nSPS) is 35.3. The summed E-state index contributed by atoms with van der Waals surface area (Å²) in [7, 11) is 0. The van der Waals surface area contributed by atoms with Crippen LogP contribution in [0.4, 0.5) is 0 Å². The first-order chi connectivity index (χ1) is 23.3. The molecule has 10 atom stereocenters. The number of fused-ring (bicyclic) bond motifs is 5. The van der Waals surface area contributed by atoms with Crippen molar-refractivity contribution in [3.63, 3.8) is 0 Å². The average Bonchev–Trinajstić information content (AvgIpc) is 2.99. The number of hydrogen-bond donors (Lipinski definition) is 0. The molecule has 5 rings (SSSR count). The van der Waals surface area contributed by atoms with Gasteiger partial charge in [0.05, 0.1) is 23.5 Å². The molecule has 0 spiro atoms. The molecule has 3 fully saturated rings. The zero-order valence-electron chi connectivity index (χ0n) is 29.9. The first-order valence-corrected chi connectivity index (χ1v) is 16.8. The summed E-state index contributed by atoms with van der Waals surface area (Å²) in [6.07, 6.45) is -6.43. The number of benzene rings is 1. The fourth-order valence-electron chi connectivity index (χ4n) is 9.24. The van der Waals surface area contributed by atoms with Crippen molar-refractivity contribution in [2.45, 2.75) is 117 Å². The molecule has 0 aromatic heterocycles. The number of ether oxygens (including phenoxy) is 7. The lowest BCUT2D eigenvalue weighted by Gasteiger charge is -2.68. The Morgan fingerprint density at radius 3 is 1.86 bits per heavy atom. The number of carbonyl (C=O) groups is 6. The molecule has 1 aromatic rings. The molecule has 13 nitrogen and oxygen atoms in total. The van der Waals surface area contributed by atoms with Crippen molar-refractivity contribution in [3.05, 3.63) is 47.0 Å². The van der Waals surface area contributed by atoms with E-state index < -0.39 is 101 Å². The van der Waals surface area contributed by atoms with Gasteiger partial charge in [-0.3, -0.25) is 24.0 Å². The second-order valence-corrected chi connectivity index (χ2v) is 14.6. The Morgan fingerprint density at radius 1 is 0.740 bits per heavy atom. The van der Waals surface area contributed by atoms with E-state index in [-0.39, 0.29) is 25.0 Å². The summed E-state index contributed by atoms with van der Waals surface area (Å²) in [5, 5.41) is 0. The van der Waals surface area contributed by atoms with Crippen LogP contribution < -0.4 is 0 Å². The minimum absolute atomic E-state index is 0.0198. The van der Waals surface area contributed by atoms with Gasteiger partial charge in [0.2, 0.25) is 0 Å². The zero-order valence-corrected chi connectivity index (χ0v) is 29.9. The summed E-state index contributed by atoms with van der Waals surface area (Å²) in [5.74, 6) is -5.75. The zero-order chi connectivity index (χ0) is 36.9. The van der Waals surface area contributed by atoms with E-state index in [9.17, 15) is 28.8 Å². The monoisotopic (exact) mass is 698 g/mol. The van der Waals surface area contributed by atoms with Crippen LogP contribution in [0.2, 0.25) is 0 Å². The predicted molar refractivity (Wildman–Crippen MR) is 173 cm³/mol. The lowest BCUT2D eigenvalue weighted by Crippen LogP contribution is -2.80. The maximum atomic E-state index is 14.1. The van der Waals surface area contributed by atoms with Crippen LogP contribution >= 0.6 is 0 Å². The van der Waals surface area contributed by atoms with E-state index in [1.807, 2.05) is 13.8 Å². The van der Waals surface area contributed by atoms with Gasteiger partial charge in [0.1, 0.15) is 24.4 Å². The molecule has 4 aliphatic rings. The highest BCUT2D eigenvalue weighted by molar-refractivity contribution is 5.89. The standard InChI is InChI=1S/C37H46O13/c1-18-26(45-19(2)38)15-25-30(49-34(43)24-13-11-10-12-14-24)32-36(9,27(46-20(3)39)16-28-37(32,17-44-28)50-23(6)42)33(48-22(5)41)31(47-21(4)40)29(18)35(25,7)8/h10-14,25-28,30-33H,15-17H2,1-9H3/t25-,26+,27-,28?,30-,31+,32?,33+,36+,37+/m0/s1. The van der Waals surface area contributed by atoms with Gasteiger partial charge in [-0.15, -0.1) is 0 Å². The minimum atomic E-state index is -1.55. The first-order valence-electron chi connectivity index (χ1n) is 16.8. The van der Waals surface area contributed by atoms with Crippen LogP contribution in [0.25, 0.3) is 0 Å². The van der Waals surface area contributed by atoms with Crippen LogP contribution in [0.5, 0.6) is 0 Å². The third kappa shape index (κ3) is 6.29. The maximum absolute atomic E-state index is 14.1. The second kappa shape index (κ2) is 13.5. The highest BCUT2D eigenvalue weighted by Gasteiger charge is 2.77. The average molecular weight is 699 g/mol. The lowest BCUT2D eigenvalue weighted by molar-refractivity contribution is -0.355. The van der Waals surface area contributed by atoms with E-state index >= 15 is 0 Å². The molecule has 272 valence electrons. The van der Waals surface area contributed by atoms with E-state index in [0.29, 0.717) is 11.1 Å². The van der Waals surface area contributed by atoms with Gasteiger partial charge in [-0.2, -0.15) is 0 Å². The molecule has 1 heterocycles. The molecule has 1 aliphatic heterocycles. The molecule has 1 saturated heterocycles. The van der Waals surface area contributed by atoms with E-state index in [0.717, 1.165) is 0 Å². The Bertz CT molecular complexity index is 1600. The van der Waals surface area contributed by atoms with Crippen molar-refractivity contribution in [1.29, 1.82) is 0 Å². The molecular weight excluding hydrogens is 652 g/mol.